The Kier molecular flexibility index (Phi) is 6.83. The number of aromatic nitrogens is 3. The summed E-state index contributed by atoms with van der Waals surface area (Å²) in [5.41, 5.74) is 1.70. The predicted octanol–water partition coefficient (Wildman–Crippen LogP) is 4.77. The molecular weight excluding hydrogens is 431 g/mol. The zero-order chi connectivity index (χ0) is 19.4. The first-order valence-corrected chi connectivity index (χ1v) is 9.98. The van der Waals surface area contributed by atoms with Crippen LogP contribution in [0.5, 0.6) is 0 Å². The molecule has 0 unspecified atom stereocenters. The number of carbonyl (C=O) groups excluding carboxylic acids is 1. The molecule has 0 aliphatic rings. The van der Waals surface area contributed by atoms with Gasteiger partial charge in [-0.15, -0.1) is 0 Å². The van der Waals surface area contributed by atoms with Gasteiger partial charge in [-0.25, -0.2) is 9.97 Å². The third kappa shape index (κ3) is 5.06. The monoisotopic (exact) mass is 444 g/mol. The van der Waals surface area contributed by atoms with Crippen LogP contribution in [-0.4, -0.2) is 39.9 Å². The van der Waals surface area contributed by atoms with Gasteiger partial charge in [0.2, 0.25) is 5.91 Å². The summed E-state index contributed by atoms with van der Waals surface area (Å²) in [7, 11) is 1.64. The molecule has 142 valence electrons. The minimum Gasteiger partial charge on any atom is -0.383 e. The Balaban J connectivity index is 1.74. The molecule has 1 N–H and O–H groups in total. The van der Waals surface area contributed by atoms with Gasteiger partial charge in [-0.1, -0.05) is 46.6 Å². The van der Waals surface area contributed by atoms with Crippen LogP contribution in [0.3, 0.4) is 0 Å². The number of nitrogens with one attached hydrogen (secondary N) is 1. The van der Waals surface area contributed by atoms with Gasteiger partial charge in [-0.2, -0.15) is 0 Å². The fraction of sp³-hybridized carbons (Fsp3) is 0.235. The minimum absolute atomic E-state index is 0.144. The highest BCUT2D eigenvalue weighted by Gasteiger charge is 2.14. The van der Waals surface area contributed by atoms with Gasteiger partial charge in [0.25, 0.3) is 0 Å². The molecular formula is C17H15Cl3N4O2S. The van der Waals surface area contributed by atoms with Crippen molar-refractivity contribution in [1.29, 1.82) is 0 Å². The maximum absolute atomic E-state index is 12.3. The van der Waals surface area contributed by atoms with Crippen molar-refractivity contribution in [2.45, 2.75) is 11.7 Å². The first-order valence-electron chi connectivity index (χ1n) is 7.86. The van der Waals surface area contributed by atoms with E-state index in [4.69, 9.17) is 39.5 Å². The molecule has 3 aromatic rings. The number of carbonyl (C=O) groups is 1. The number of amides is 1. The normalized spacial score (nSPS) is 11.1. The van der Waals surface area contributed by atoms with Gasteiger partial charge in [-0.05, 0) is 24.3 Å². The highest BCUT2D eigenvalue weighted by Crippen LogP contribution is 2.27. The van der Waals surface area contributed by atoms with E-state index in [0.29, 0.717) is 28.4 Å². The molecule has 0 atom stereocenters. The lowest BCUT2D eigenvalue weighted by molar-refractivity contribution is -0.113. The second kappa shape index (κ2) is 9.12. The van der Waals surface area contributed by atoms with Gasteiger partial charge in [0.15, 0.2) is 11.0 Å². The standard InChI is InChI=1S/C17H15Cl3N4O2S/c1-26-5-4-24-14-3-2-10(18)7-13(14)22-17(24)27-9-15(25)23-16-12(20)6-11(19)8-21-16/h2-3,6-8H,4-5,9H2,1H3,(H,21,23,25). The molecule has 27 heavy (non-hydrogen) atoms. The van der Waals surface area contributed by atoms with Crippen molar-refractivity contribution in [2.24, 2.45) is 0 Å². The van der Waals surface area contributed by atoms with Crippen LogP contribution in [0.25, 0.3) is 11.0 Å². The SMILES string of the molecule is COCCn1c(SCC(=O)Nc2ncc(Cl)cc2Cl)nc2cc(Cl)ccc21. The molecule has 1 aromatic carbocycles. The molecule has 2 aromatic heterocycles. The van der Waals surface area contributed by atoms with Crippen molar-refractivity contribution in [2.75, 3.05) is 24.8 Å². The molecule has 0 bridgehead atoms. The fourth-order valence-corrected chi connectivity index (χ4v) is 3.83. The van der Waals surface area contributed by atoms with E-state index in [1.165, 1.54) is 24.0 Å². The maximum atomic E-state index is 12.3. The van der Waals surface area contributed by atoms with Crippen molar-refractivity contribution in [3.63, 3.8) is 0 Å². The molecule has 6 nitrogen and oxygen atoms in total. The van der Waals surface area contributed by atoms with Crippen LogP contribution < -0.4 is 5.32 Å². The van der Waals surface area contributed by atoms with E-state index in [2.05, 4.69) is 15.3 Å². The number of hydrogen-bond donors (Lipinski definition) is 1. The van der Waals surface area contributed by atoms with E-state index in [-0.39, 0.29) is 22.5 Å². The number of nitrogens with zero attached hydrogens (tertiary/aromatic N) is 3. The fourth-order valence-electron chi connectivity index (χ4n) is 2.39. The van der Waals surface area contributed by atoms with Crippen LogP contribution in [0.2, 0.25) is 15.1 Å². The summed E-state index contributed by atoms with van der Waals surface area (Å²) in [6.07, 6.45) is 1.42. The summed E-state index contributed by atoms with van der Waals surface area (Å²) < 4.78 is 7.17. The third-order valence-corrected chi connectivity index (χ3v) is 5.30. The van der Waals surface area contributed by atoms with Gasteiger partial charge in [0.1, 0.15) is 0 Å². The van der Waals surface area contributed by atoms with Crippen LogP contribution in [0.15, 0.2) is 35.6 Å². The number of halogens is 3. The van der Waals surface area contributed by atoms with E-state index < -0.39 is 0 Å². The lowest BCUT2D eigenvalue weighted by Gasteiger charge is -2.09. The number of imidazole rings is 1. The maximum Gasteiger partial charge on any atom is 0.236 e. The van der Waals surface area contributed by atoms with Gasteiger partial charge >= 0.3 is 0 Å². The number of pyridine rings is 1. The zero-order valence-corrected chi connectivity index (χ0v) is 17.3. The molecule has 1 amide bonds. The number of rotatable bonds is 7. The van der Waals surface area contributed by atoms with Crippen molar-refractivity contribution in [1.82, 2.24) is 14.5 Å². The zero-order valence-electron chi connectivity index (χ0n) is 14.2. The number of ether oxygens (including phenoxy) is 1. The second-order valence-electron chi connectivity index (χ2n) is 5.49. The highest BCUT2D eigenvalue weighted by atomic mass is 35.5. The van der Waals surface area contributed by atoms with Crippen LogP contribution in [-0.2, 0) is 16.1 Å². The summed E-state index contributed by atoms with van der Waals surface area (Å²) in [4.78, 5) is 20.9. The van der Waals surface area contributed by atoms with Crippen molar-refractivity contribution in [3.05, 3.63) is 45.5 Å². The lowest BCUT2D eigenvalue weighted by Crippen LogP contribution is -2.16. The first kappa shape index (κ1) is 20.2. The molecule has 10 heteroatoms. The summed E-state index contributed by atoms with van der Waals surface area (Å²) in [6, 6.07) is 7.03. The first-order chi connectivity index (χ1) is 13.0. The summed E-state index contributed by atoms with van der Waals surface area (Å²) in [5, 5.41) is 4.66. The van der Waals surface area contributed by atoms with Crippen molar-refractivity contribution < 1.29 is 9.53 Å². The number of fused-ring (bicyclic) bond motifs is 1. The van der Waals surface area contributed by atoms with Gasteiger partial charge in [0.05, 0.1) is 33.4 Å². The molecule has 0 radical (unpaired) electrons. The smallest absolute Gasteiger partial charge is 0.236 e. The molecule has 0 aliphatic heterocycles. The van der Waals surface area contributed by atoms with E-state index >= 15 is 0 Å². The molecule has 0 aliphatic carbocycles. The van der Waals surface area contributed by atoms with E-state index in [9.17, 15) is 4.79 Å². The molecule has 0 saturated heterocycles. The Morgan fingerprint density at radius 2 is 2.07 bits per heavy atom. The number of anilines is 1. The highest BCUT2D eigenvalue weighted by molar-refractivity contribution is 7.99. The topological polar surface area (TPSA) is 69.0 Å². The number of methoxy groups -OCH3 is 1. The quantitative estimate of drug-likeness (QED) is 0.531. The largest absolute Gasteiger partial charge is 0.383 e. The average molecular weight is 446 g/mol. The van der Waals surface area contributed by atoms with Gasteiger partial charge in [0, 0.05) is 24.9 Å². The van der Waals surface area contributed by atoms with E-state index in [1.807, 2.05) is 16.7 Å². The molecule has 0 saturated carbocycles. The van der Waals surface area contributed by atoms with Crippen LogP contribution in [0, 0.1) is 0 Å². The Morgan fingerprint density at radius 1 is 1.26 bits per heavy atom. The summed E-state index contributed by atoms with van der Waals surface area (Å²) >= 11 is 19.2. The second-order valence-corrected chi connectivity index (χ2v) is 7.72. The number of thioether (sulfide) groups is 1. The van der Waals surface area contributed by atoms with Crippen LogP contribution in [0.1, 0.15) is 0 Å². The van der Waals surface area contributed by atoms with Crippen LogP contribution in [0.4, 0.5) is 5.82 Å². The molecule has 2 heterocycles. The summed E-state index contributed by atoms with van der Waals surface area (Å²) in [6.45, 7) is 1.14. The van der Waals surface area contributed by atoms with Crippen molar-refractivity contribution >= 4 is 69.3 Å². The van der Waals surface area contributed by atoms with Crippen molar-refractivity contribution in [3.8, 4) is 0 Å². The summed E-state index contributed by atoms with van der Waals surface area (Å²) in [5.74, 6) is 0.163. The Morgan fingerprint density at radius 3 is 2.81 bits per heavy atom. The number of benzene rings is 1. The Labute approximate surface area is 175 Å². The minimum atomic E-state index is -0.250. The Bertz CT molecular complexity index is 980. The average Bonchev–Trinajstić information content (AvgIpc) is 2.97. The molecule has 0 fully saturated rings. The lowest BCUT2D eigenvalue weighted by atomic mass is 10.3. The van der Waals surface area contributed by atoms with Gasteiger partial charge in [-0.3, -0.25) is 4.79 Å². The number of hydrogen-bond acceptors (Lipinski definition) is 5. The van der Waals surface area contributed by atoms with Gasteiger partial charge < -0.3 is 14.6 Å². The predicted molar refractivity (Wildman–Crippen MR) is 110 cm³/mol. The molecule has 0 spiro atoms. The van der Waals surface area contributed by atoms with Crippen LogP contribution >= 0.6 is 46.6 Å². The molecule has 3 rings (SSSR count). The van der Waals surface area contributed by atoms with E-state index in [1.54, 1.807) is 13.2 Å². The van der Waals surface area contributed by atoms with E-state index in [0.717, 1.165) is 11.0 Å². The Hall–Kier alpha value is -1.51. The third-order valence-electron chi connectivity index (χ3n) is 3.59.